The number of carboxylic acids is 1. The second kappa shape index (κ2) is 14.6. The van der Waals surface area contributed by atoms with Crippen LogP contribution in [0.1, 0.15) is 46.6 Å². The van der Waals surface area contributed by atoms with Crippen LogP contribution in [0, 0.1) is 11.8 Å². The molecule has 2 aromatic rings. The van der Waals surface area contributed by atoms with Gasteiger partial charge in [-0.05, 0) is 23.5 Å². The van der Waals surface area contributed by atoms with E-state index in [0.29, 0.717) is 6.42 Å². The molecule has 214 valence electrons. The number of hydrogen-bond donors (Lipinski definition) is 7. The number of hydrogen-bond acceptors (Lipinski definition) is 6. The molecular weight excluding hydrogens is 522 g/mol. The average Bonchev–Trinajstić information content (AvgIpc) is 3.30. The standard InChI is InChI=1S/C27H39N5O6S/c1-6-15(4)23(29-16(5)33)26(36)31-21(13-39)24(34)32-22(14(2)3)25(35)30-20(27(37)38)11-17-12-28-19-10-8-7-9-18(17)19/h7-10,12,14-15,20-23,28,39H,6,11,13H2,1-5H3,(H,29,33)(H,30,35)(H,31,36)(H,32,34)(H,37,38)/t15-,20-,21-,22-,23-/m0/s1. The third kappa shape index (κ3) is 8.74. The van der Waals surface area contributed by atoms with Crippen LogP contribution in [-0.2, 0) is 30.4 Å². The van der Waals surface area contributed by atoms with Crippen molar-refractivity contribution in [2.24, 2.45) is 11.8 Å². The van der Waals surface area contributed by atoms with Crippen LogP contribution >= 0.6 is 12.6 Å². The Hall–Kier alpha value is -3.54. The van der Waals surface area contributed by atoms with Crippen LogP contribution in [0.3, 0.4) is 0 Å². The number of rotatable bonds is 14. The van der Waals surface area contributed by atoms with Gasteiger partial charge in [-0.1, -0.05) is 52.3 Å². The fourth-order valence-electron chi connectivity index (χ4n) is 4.15. The van der Waals surface area contributed by atoms with Gasteiger partial charge in [-0.25, -0.2) is 4.79 Å². The van der Waals surface area contributed by atoms with Crippen molar-refractivity contribution in [2.45, 2.75) is 71.6 Å². The van der Waals surface area contributed by atoms with E-state index in [0.717, 1.165) is 16.5 Å². The van der Waals surface area contributed by atoms with Gasteiger partial charge in [0.15, 0.2) is 0 Å². The van der Waals surface area contributed by atoms with Crippen LogP contribution in [0.4, 0.5) is 0 Å². The SMILES string of the molecule is CC[C@H](C)[C@H](NC(C)=O)C(=O)N[C@@H](CS)C(=O)N[C@H](C(=O)N[C@@H](Cc1c[nH]c2ccccc12)C(=O)O)C(C)C. The number of thiol groups is 1. The summed E-state index contributed by atoms with van der Waals surface area (Å²) in [5.74, 6) is -4.07. The molecule has 12 heteroatoms. The monoisotopic (exact) mass is 561 g/mol. The summed E-state index contributed by atoms with van der Waals surface area (Å²) in [6, 6.07) is 3.21. The maximum Gasteiger partial charge on any atom is 0.326 e. The predicted molar refractivity (Wildman–Crippen MR) is 151 cm³/mol. The molecule has 0 saturated heterocycles. The lowest BCUT2D eigenvalue weighted by atomic mass is 9.98. The summed E-state index contributed by atoms with van der Waals surface area (Å²) >= 11 is 4.19. The fourth-order valence-corrected chi connectivity index (χ4v) is 4.40. The number of carbonyl (C=O) groups is 5. The lowest BCUT2D eigenvalue weighted by Crippen LogP contribution is -2.60. The van der Waals surface area contributed by atoms with Crippen molar-refractivity contribution in [1.29, 1.82) is 0 Å². The average molecular weight is 562 g/mol. The molecule has 0 aliphatic heterocycles. The first-order valence-corrected chi connectivity index (χ1v) is 13.6. The molecule has 0 unspecified atom stereocenters. The van der Waals surface area contributed by atoms with Gasteiger partial charge in [0.2, 0.25) is 23.6 Å². The van der Waals surface area contributed by atoms with Gasteiger partial charge in [-0.2, -0.15) is 12.6 Å². The molecule has 4 amide bonds. The molecule has 39 heavy (non-hydrogen) atoms. The molecule has 1 heterocycles. The zero-order valence-electron chi connectivity index (χ0n) is 22.9. The second-order valence-corrected chi connectivity index (χ2v) is 10.4. The van der Waals surface area contributed by atoms with E-state index in [1.165, 1.54) is 6.92 Å². The van der Waals surface area contributed by atoms with Crippen molar-refractivity contribution in [3.63, 3.8) is 0 Å². The van der Waals surface area contributed by atoms with E-state index in [1.54, 1.807) is 20.0 Å². The van der Waals surface area contributed by atoms with E-state index in [-0.39, 0.29) is 29.9 Å². The van der Waals surface area contributed by atoms with Crippen LogP contribution < -0.4 is 21.3 Å². The van der Waals surface area contributed by atoms with E-state index < -0.39 is 47.9 Å². The molecule has 0 spiro atoms. The number of carboxylic acid groups (broad SMARTS) is 1. The lowest BCUT2D eigenvalue weighted by Gasteiger charge is -2.28. The Morgan fingerprint density at radius 3 is 2.08 bits per heavy atom. The Bertz CT molecular complexity index is 1180. The topological polar surface area (TPSA) is 169 Å². The maximum atomic E-state index is 13.2. The highest BCUT2D eigenvalue weighted by Crippen LogP contribution is 2.19. The summed E-state index contributed by atoms with van der Waals surface area (Å²) in [5, 5.41) is 21.0. The number of aliphatic carboxylic acids is 1. The molecule has 1 aromatic heterocycles. The first kappa shape index (κ1) is 31.7. The highest BCUT2D eigenvalue weighted by atomic mass is 32.1. The van der Waals surface area contributed by atoms with Gasteiger partial charge in [0.05, 0.1) is 0 Å². The minimum Gasteiger partial charge on any atom is -0.480 e. The largest absolute Gasteiger partial charge is 0.480 e. The summed E-state index contributed by atoms with van der Waals surface area (Å²) < 4.78 is 0. The molecule has 0 radical (unpaired) electrons. The molecule has 0 bridgehead atoms. The first-order valence-electron chi connectivity index (χ1n) is 13.0. The zero-order chi connectivity index (χ0) is 29.3. The molecule has 5 atom stereocenters. The summed E-state index contributed by atoms with van der Waals surface area (Å²) in [7, 11) is 0. The van der Waals surface area contributed by atoms with Gasteiger partial charge in [-0.3, -0.25) is 19.2 Å². The number of benzene rings is 1. The Morgan fingerprint density at radius 1 is 0.897 bits per heavy atom. The summed E-state index contributed by atoms with van der Waals surface area (Å²) in [4.78, 5) is 65.8. The van der Waals surface area contributed by atoms with Crippen LogP contribution in [0.25, 0.3) is 10.9 Å². The van der Waals surface area contributed by atoms with Crippen molar-refractivity contribution in [1.82, 2.24) is 26.3 Å². The summed E-state index contributed by atoms with van der Waals surface area (Å²) in [6.45, 7) is 8.42. The quantitative estimate of drug-likeness (QED) is 0.172. The molecule has 0 aliphatic rings. The minimum atomic E-state index is -1.23. The van der Waals surface area contributed by atoms with Crippen molar-refractivity contribution < 1.29 is 29.1 Å². The number of aromatic nitrogens is 1. The number of fused-ring (bicyclic) bond motifs is 1. The molecular formula is C27H39N5O6S. The number of aromatic amines is 1. The normalized spacial score (nSPS) is 15.1. The van der Waals surface area contributed by atoms with Crippen molar-refractivity contribution in [3.05, 3.63) is 36.0 Å². The Labute approximate surface area is 233 Å². The van der Waals surface area contributed by atoms with Gasteiger partial charge in [0.25, 0.3) is 0 Å². The Balaban J connectivity index is 2.13. The third-order valence-electron chi connectivity index (χ3n) is 6.63. The van der Waals surface area contributed by atoms with E-state index >= 15 is 0 Å². The van der Waals surface area contributed by atoms with Gasteiger partial charge >= 0.3 is 5.97 Å². The van der Waals surface area contributed by atoms with Crippen molar-refractivity contribution in [2.75, 3.05) is 5.75 Å². The van der Waals surface area contributed by atoms with Gasteiger partial charge in [-0.15, -0.1) is 0 Å². The van der Waals surface area contributed by atoms with Crippen LogP contribution in [0.2, 0.25) is 0 Å². The molecule has 2 rings (SSSR count). The molecule has 6 N–H and O–H groups in total. The molecule has 1 aromatic carbocycles. The molecule has 0 saturated carbocycles. The Kier molecular flexibility index (Phi) is 11.8. The highest BCUT2D eigenvalue weighted by Gasteiger charge is 2.33. The smallest absolute Gasteiger partial charge is 0.326 e. The number of amides is 4. The molecule has 0 fully saturated rings. The highest BCUT2D eigenvalue weighted by molar-refractivity contribution is 7.80. The van der Waals surface area contributed by atoms with Crippen LogP contribution in [0.15, 0.2) is 30.5 Å². The van der Waals surface area contributed by atoms with Crippen molar-refractivity contribution >= 4 is 53.1 Å². The second-order valence-electron chi connectivity index (χ2n) is 10.0. The molecule has 11 nitrogen and oxygen atoms in total. The third-order valence-corrected chi connectivity index (χ3v) is 7.00. The summed E-state index contributed by atoms with van der Waals surface area (Å²) in [6.07, 6.45) is 2.37. The maximum absolute atomic E-state index is 13.2. The minimum absolute atomic E-state index is 0.0410. The predicted octanol–water partition coefficient (Wildman–Crippen LogP) is 1.39. The molecule has 0 aliphatic carbocycles. The number of carbonyl (C=O) groups excluding carboxylic acids is 4. The Morgan fingerprint density at radius 2 is 1.51 bits per heavy atom. The van der Waals surface area contributed by atoms with Crippen LogP contribution in [0.5, 0.6) is 0 Å². The van der Waals surface area contributed by atoms with E-state index in [1.807, 2.05) is 38.1 Å². The van der Waals surface area contributed by atoms with Gasteiger partial charge < -0.3 is 31.4 Å². The number of H-pyrrole nitrogens is 1. The first-order chi connectivity index (χ1) is 18.4. The van der Waals surface area contributed by atoms with Gasteiger partial charge in [0, 0.05) is 36.2 Å². The van der Waals surface area contributed by atoms with E-state index in [2.05, 4.69) is 38.9 Å². The zero-order valence-corrected chi connectivity index (χ0v) is 23.8. The number of nitrogens with one attached hydrogen (secondary N) is 5. The van der Waals surface area contributed by atoms with E-state index in [4.69, 9.17) is 0 Å². The van der Waals surface area contributed by atoms with Crippen molar-refractivity contribution in [3.8, 4) is 0 Å². The van der Waals surface area contributed by atoms with Gasteiger partial charge in [0.1, 0.15) is 24.2 Å². The van der Waals surface area contributed by atoms with Crippen LogP contribution in [-0.4, -0.2) is 69.6 Å². The fraction of sp³-hybridized carbons (Fsp3) is 0.519. The van der Waals surface area contributed by atoms with E-state index in [9.17, 15) is 29.1 Å². The summed E-state index contributed by atoms with van der Waals surface area (Å²) in [5.41, 5.74) is 1.58. The lowest BCUT2D eigenvalue weighted by molar-refractivity contribution is -0.142. The number of para-hydroxylation sites is 1.